The molecule has 2 fully saturated rings. The van der Waals surface area contributed by atoms with Crippen LogP contribution < -0.4 is 9.47 Å². The van der Waals surface area contributed by atoms with Gasteiger partial charge >= 0.3 is 24.0 Å². The van der Waals surface area contributed by atoms with Crippen LogP contribution in [0.3, 0.4) is 0 Å². The van der Waals surface area contributed by atoms with Gasteiger partial charge in [-0.1, -0.05) is 0 Å². The number of urea groups is 2. The summed E-state index contributed by atoms with van der Waals surface area (Å²) in [7, 11) is 2.62. The highest BCUT2D eigenvalue weighted by Crippen LogP contribution is 2.59. The average molecular weight is 641 g/mol. The Morgan fingerprint density at radius 1 is 0.674 bits per heavy atom. The number of hydrogen-bond donors (Lipinski definition) is 0. The molecule has 18 nitrogen and oxygen atoms in total. The average Bonchev–Trinajstić information content (AvgIpc) is 3.19. The van der Waals surface area contributed by atoms with Crippen molar-refractivity contribution in [3.63, 3.8) is 0 Å². The molecule has 4 heterocycles. The molecule has 0 aliphatic carbocycles. The molecule has 18 heteroatoms. The van der Waals surface area contributed by atoms with Crippen LogP contribution >= 0.6 is 0 Å². The zero-order chi connectivity index (χ0) is 33.3. The minimum atomic E-state index is -2.61. The molecule has 0 unspecified atom stereocenters. The highest BCUT2D eigenvalue weighted by molar-refractivity contribution is 6.10. The van der Waals surface area contributed by atoms with Gasteiger partial charge < -0.3 is 18.9 Å². The van der Waals surface area contributed by atoms with E-state index in [-0.39, 0.29) is 47.0 Å². The first kappa shape index (κ1) is 30.4. The Kier molecular flexibility index (Phi) is 6.90. The van der Waals surface area contributed by atoms with E-state index in [2.05, 4.69) is 0 Å². The number of benzene rings is 2. The van der Waals surface area contributed by atoms with Crippen molar-refractivity contribution in [3.8, 4) is 11.5 Å². The molecule has 6 rings (SSSR count). The van der Waals surface area contributed by atoms with Gasteiger partial charge in [0.05, 0.1) is 74.6 Å². The van der Waals surface area contributed by atoms with Gasteiger partial charge in [-0.3, -0.25) is 39.8 Å². The van der Waals surface area contributed by atoms with E-state index in [1.54, 1.807) is 0 Å². The lowest BCUT2D eigenvalue weighted by Gasteiger charge is -2.43. The van der Waals surface area contributed by atoms with Crippen LogP contribution in [0, 0.1) is 20.2 Å². The van der Waals surface area contributed by atoms with Gasteiger partial charge in [0.1, 0.15) is 11.5 Å². The third-order valence-electron chi connectivity index (χ3n) is 8.92. The highest BCUT2D eigenvalue weighted by Gasteiger charge is 2.87. The number of nitrogens with zero attached hydrogens (tertiary/aromatic N) is 6. The number of carbonyl (C=O) groups is 4. The Balaban J connectivity index is 1.74. The van der Waals surface area contributed by atoms with Gasteiger partial charge in [-0.05, 0) is 26.0 Å². The molecule has 2 saturated heterocycles. The number of rotatable bonds is 8. The molecule has 0 radical (unpaired) electrons. The zero-order valence-corrected chi connectivity index (χ0v) is 25.1. The number of nitro benzene ring substituents is 2. The lowest BCUT2D eigenvalue weighted by Crippen LogP contribution is -2.75. The predicted octanol–water partition coefficient (Wildman–Crippen LogP) is 2.24. The molecular formula is C28H28N6O12. The number of amides is 4. The van der Waals surface area contributed by atoms with E-state index in [0.29, 0.717) is 0 Å². The van der Waals surface area contributed by atoms with Crippen LogP contribution in [0.1, 0.15) is 36.1 Å². The zero-order valence-electron chi connectivity index (χ0n) is 25.1. The maximum absolute atomic E-state index is 14.7. The predicted molar refractivity (Wildman–Crippen MR) is 151 cm³/mol. The van der Waals surface area contributed by atoms with Crippen LogP contribution in [0.2, 0.25) is 0 Å². The molecule has 0 saturated carbocycles. The first-order valence-electron chi connectivity index (χ1n) is 14.2. The van der Waals surface area contributed by atoms with Gasteiger partial charge in [0, 0.05) is 23.3 Å². The van der Waals surface area contributed by atoms with Crippen molar-refractivity contribution < 1.29 is 48.0 Å². The molecule has 4 aliphatic rings. The number of carbonyl (C=O) groups excluding carboxylic acids is 4. The largest absolute Gasteiger partial charge is 0.496 e. The molecule has 0 N–H and O–H groups in total. The minimum Gasteiger partial charge on any atom is -0.496 e. The van der Waals surface area contributed by atoms with E-state index in [4.69, 9.17) is 18.9 Å². The van der Waals surface area contributed by atoms with Crippen LogP contribution in [0.5, 0.6) is 11.5 Å². The molecular weight excluding hydrogens is 612 g/mol. The summed E-state index contributed by atoms with van der Waals surface area (Å²) in [5.41, 5.74) is -5.86. The van der Waals surface area contributed by atoms with Crippen molar-refractivity contribution in [2.45, 2.75) is 51.4 Å². The summed E-state index contributed by atoms with van der Waals surface area (Å²) in [5.74, 6) is -2.13. The minimum absolute atomic E-state index is 0.0274. The number of methoxy groups -OCH3 is 2. The fraction of sp³-hybridized carbons (Fsp3) is 0.429. The monoisotopic (exact) mass is 640 g/mol. The summed E-state index contributed by atoms with van der Waals surface area (Å²) in [6, 6.07) is 3.03. The van der Waals surface area contributed by atoms with Crippen LogP contribution in [0.25, 0.3) is 0 Å². The Hall–Kier alpha value is -5.68. The maximum atomic E-state index is 14.7. The second-order valence-corrected chi connectivity index (χ2v) is 10.7. The van der Waals surface area contributed by atoms with E-state index < -0.39 is 82.7 Å². The lowest BCUT2D eigenvalue weighted by atomic mass is 9.90. The number of fused-ring (bicyclic) bond motifs is 2. The fourth-order valence-electron chi connectivity index (χ4n) is 7.18. The summed E-state index contributed by atoms with van der Waals surface area (Å²) in [6.07, 6.45) is 0. The summed E-state index contributed by atoms with van der Waals surface area (Å²) in [4.78, 5) is 85.3. The molecule has 2 aromatic rings. The number of nitro groups is 2. The van der Waals surface area contributed by atoms with Crippen LogP contribution in [0.15, 0.2) is 24.3 Å². The molecule has 0 aromatic heterocycles. The molecule has 242 valence electrons. The Morgan fingerprint density at radius 2 is 1.00 bits per heavy atom. The SMILES string of the molecule is CCOC(=O)[C@@]12N3Cc4c(OC)ccc([N+](=O)[O-])c4CN1C(=O)N1Cc4c(OC)ccc([N+](=O)[O-])c4CN(C3=O)[C@@]12C(=O)OCC. The first-order chi connectivity index (χ1) is 22.0. The molecule has 4 aliphatic heterocycles. The van der Waals surface area contributed by atoms with Gasteiger partial charge in [0.2, 0.25) is 0 Å². The standard InChI is InChI=1S/C28H28N6O12/c1-5-45-23(35)27-28(24(36)46-6-2)30-12-16-18(22(44-4)10-8-20(16)34(41)42)14-32(28)25(37)29(27)11-15-17(13-31(27)26(30)38)21(43-3)9-7-19(15)33(39)40/h7-10H,5-6,11-14H2,1-4H3/t27-,28-/m0/s1. The van der Waals surface area contributed by atoms with Gasteiger partial charge in [0.25, 0.3) is 22.7 Å². The third-order valence-corrected chi connectivity index (χ3v) is 8.92. The van der Waals surface area contributed by atoms with E-state index in [1.807, 2.05) is 0 Å². The van der Waals surface area contributed by atoms with E-state index in [1.165, 1.54) is 52.3 Å². The van der Waals surface area contributed by atoms with Gasteiger partial charge in [-0.15, -0.1) is 0 Å². The van der Waals surface area contributed by atoms with Crippen molar-refractivity contribution in [3.05, 3.63) is 66.7 Å². The summed E-state index contributed by atoms with van der Waals surface area (Å²) in [5, 5.41) is 24.4. The Morgan fingerprint density at radius 3 is 1.28 bits per heavy atom. The fourth-order valence-corrected chi connectivity index (χ4v) is 7.18. The summed E-state index contributed by atoms with van der Waals surface area (Å²) in [6.45, 7) is 0.189. The third kappa shape index (κ3) is 3.51. The quantitative estimate of drug-likeness (QED) is 0.231. The van der Waals surface area contributed by atoms with Crippen molar-refractivity contribution >= 4 is 35.4 Å². The van der Waals surface area contributed by atoms with Crippen molar-refractivity contribution in [2.24, 2.45) is 0 Å². The number of hydrogen-bond acceptors (Lipinski definition) is 12. The topological polar surface area (TPSA) is 204 Å². The number of ether oxygens (including phenoxy) is 4. The second-order valence-electron chi connectivity index (χ2n) is 10.7. The van der Waals surface area contributed by atoms with E-state index in [0.717, 1.165) is 19.6 Å². The van der Waals surface area contributed by atoms with Gasteiger partial charge in [-0.2, -0.15) is 0 Å². The molecule has 2 atom stereocenters. The van der Waals surface area contributed by atoms with Crippen LogP contribution in [0.4, 0.5) is 21.0 Å². The van der Waals surface area contributed by atoms with Gasteiger partial charge in [-0.25, -0.2) is 19.2 Å². The summed E-state index contributed by atoms with van der Waals surface area (Å²) >= 11 is 0. The second kappa shape index (κ2) is 10.5. The van der Waals surface area contributed by atoms with Crippen molar-refractivity contribution in [2.75, 3.05) is 27.4 Å². The molecule has 4 amide bonds. The smallest absolute Gasteiger partial charge is 0.358 e. The van der Waals surface area contributed by atoms with E-state index >= 15 is 0 Å². The normalized spacial score (nSPS) is 22.3. The molecule has 0 bridgehead atoms. The first-order valence-corrected chi connectivity index (χ1v) is 14.2. The van der Waals surface area contributed by atoms with Crippen LogP contribution in [-0.2, 0) is 45.2 Å². The molecule has 2 aromatic carbocycles. The molecule has 46 heavy (non-hydrogen) atoms. The van der Waals surface area contributed by atoms with Gasteiger partial charge in [0.15, 0.2) is 0 Å². The van der Waals surface area contributed by atoms with Crippen LogP contribution in [-0.4, -0.2) is 92.2 Å². The lowest BCUT2D eigenvalue weighted by molar-refractivity contribution is -0.386. The molecule has 0 spiro atoms. The highest BCUT2D eigenvalue weighted by atomic mass is 16.6. The Bertz CT molecular complexity index is 1620. The Labute approximate surface area is 260 Å². The maximum Gasteiger partial charge on any atom is 0.358 e. The van der Waals surface area contributed by atoms with E-state index in [9.17, 15) is 39.4 Å². The number of esters is 2. The van der Waals surface area contributed by atoms with Crippen molar-refractivity contribution in [1.82, 2.24) is 19.6 Å². The summed E-state index contributed by atoms with van der Waals surface area (Å²) < 4.78 is 22.0. The van der Waals surface area contributed by atoms with Crippen molar-refractivity contribution in [1.29, 1.82) is 0 Å².